The summed E-state index contributed by atoms with van der Waals surface area (Å²) in [6.07, 6.45) is 0.782. The van der Waals surface area contributed by atoms with E-state index in [0.29, 0.717) is 5.56 Å². The Labute approximate surface area is 100 Å². The molecule has 0 radical (unpaired) electrons. The van der Waals surface area contributed by atoms with Gasteiger partial charge >= 0.3 is 5.97 Å². The molecular formula is C11H15NO4S. The number of carbonyl (C=O) groups is 1. The summed E-state index contributed by atoms with van der Waals surface area (Å²) < 4.78 is 23.2. The molecule has 0 aliphatic heterocycles. The zero-order valence-corrected chi connectivity index (χ0v) is 10.5. The van der Waals surface area contributed by atoms with Gasteiger partial charge in [0.25, 0.3) is 0 Å². The molecule has 94 valence electrons. The summed E-state index contributed by atoms with van der Waals surface area (Å²) in [5.41, 5.74) is 6.83. The normalized spacial score (nSPS) is 13.4. The van der Waals surface area contributed by atoms with E-state index in [2.05, 4.69) is 0 Å². The van der Waals surface area contributed by atoms with Crippen molar-refractivity contribution in [2.24, 2.45) is 5.73 Å². The fourth-order valence-corrected chi connectivity index (χ4v) is 2.61. The van der Waals surface area contributed by atoms with Crippen molar-refractivity contribution in [1.82, 2.24) is 0 Å². The van der Waals surface area contributed by atoms with Crippen LogP contribution in [0.4, 0.5) is 0 Å². The molecule has 1 atom stereocenters. The van der Waals surface area contributed by atoms with Gasteiger partial charge in [0.15, 0.2) is 9.84 Å². The van der Waals surface area contributed by atoms with Crippen LogP contribution in [0.25, 0.3) is 0 Å². The summed E-state index contributed by atoms with van der Waals surface area (Å²) in [6.45, 7) is 1.77. The summed E-state index contributed by atoms with van der Waals surface area (Å²) in [5, 5.41) is 8.66. The monoisotopic (exact) mass is 257 g/mol. The van der Waals surface area contributed by atoms with Gasteiger partial charge in [-0.1, -0.05) is 12.1 Å². The Morgan fingerprint density at radius 3 is 2.53 bits per heavy atom. The maximum atomic E-state index is 11.6. The third kappa shape index (κ3) is 3.54. The molecule has 0 fully saturated rings. The molecule has 0 saturated heterocycles. The summed E-state index contributed by atoms with van der Waals surface area (Å²) >= 11 is 0. The standard InChI is InChI=1S/C11H15NO4S/c1-7-3-4-8(9(12)6-11(13)14)10(5-7)17(2,15)16/h3-5,9H,6,12H2,1-2H3,(H,13,14). The van der Waals surface area contributed by atoms with E-state index in [4.69, 9.17) is 10.8 Å². The predicted molar refractivity (Wildman–Crippen MR) is 63.5 cm³/mol. The number of carboxylic acid groups (broad SMARTS) is 1. The molecule has 1 aromatic carbocycles. The molecule has 0 spiro atoms. The Morgan fingerprint density at radius 2 is 2.06 bits per heavy atom. The van der Waals surface area contributed by atoms with E-state index in [-0.39, 0.29) is 11.3 Å². The van der Waals surface area contributed by atoms with E-state index in [1.54, 1.807) is 19.1 Å². The Morgan fingerprint density at radius 1 is 1.47 bits per heavy atom. The van der Waals surface area contributed by atoms with Gasteiger partial charge in [-0.25, -0.2) is 8.42 Å². The van der Waals surface area contributed by atoms with Crippen LogP contribution in [0.2, 0.25) is 0 Å². The van der Waals surface area contributed by atoms with Crippen LogP contribution in [0.5, 0.6) is 0 Å². The second kappa shape index (κ2) is 4.85. The van der Waals surface area contributed by atoms with Gasteiger partial charge < -0.3 is 10.8 Å². The molecule has 1 unspecified atom stereocenters. The molecule has 0 aliphatic rings. The molecule has 5 nitrogen and oxygen atoms in total. The fourth-order valence-electron chi connectivity index (χ4n) is 1.57. The highest BCUT2D eigenvalue weighted by atomic mass is 32.2. The fraction of sp³-hybridized carbons (Fsp3) is 0.364. The largest absolute Gasteiger partial charge is 0.481 e. The summed E-state index contributed by atoms with van der Waals surface area (Å²) in [4.78, 5) is 10.7. The van der Waals surface area contributed by atoms with Crippen molar-refractivity contribution in [2.45, 2.75) is 24.3 Å². The van der Waals surface area contributed by atoms with Crippen molar-refractivity contribution in [3.05, 3.63) is 29.3 Å². The third-order valence-electron chi connectivity index (χ3n) is 2.36. The molecule has 6 heteroatoms. The van der Waals surface area contributed by atoms with Gasteiger partial charge in [0.2, 0.25) is 0 Å². The molecule has 0 aliphatic carbocycles. The third-order valence-corrected chi connectivity index (χ3v) is 3.52. The molecular weight excluding hydrogens is 242 g/mol. The molecule has 3 N–H and O–H groups in total. The first-order valence-corrected chi connectivity index (χ1v) is 6.89. The van der Waals surface area contributed by atoms with E-state index in [9.17, 15) is 13.2 Å². The minimum Gasteiger partial charge on any atom is -0.481 e. The number of rotatable bonds is 4. The van der Waals surface area contributed by atoms with Gasteiger partial charge in [-0.15, -0.1) is 0 Å². The molecule has 0 saturated carbocycles. The average Bonchev–Trinajstić information content (AvgIpc) is 2.14. The van der Waals surface area contributed by atoms with Crippen LogP contribution >= 0.6 is 0 Å². The lowest BCUT2D eigenvalue weighted by molar-refractivity contribution is -0.137. The smallest absolute Gasteiger partial charge is 0.305 e. The number of nitrogens with two attached hydrogens (primary N) is 1. The van der Waals surface area contributed by atoms with Crippen LogP contribution in [0, 0.1) is 6.92 Å². The minimum absolute atomic E-state index is 0.103. The second-order valence-electron chi connectivity index (χ2n) is 4.02. The summed E-state index contributed by atoms with van der Waals surface area (Å²) in [7, 11) is -3.41. The SMILES string of the molecule is Cc1ccc(C(N)CC(=O)O)c(S(C)(=O)=O)c1. The lowest BCUT2D eigenvalue weighted by atomic mass is 10.0. The molecule has 1 rings (SSSR count). The van der Waals surface area contributed by atoms with E-state index in [0.717, 1.165) is 11.8 Å². The van der Waals surface area contributed by atoms with Gasteiger partial charge in [0.1, 0.15) is 0 Å². The quantitative estimate of drug-likeness (QED) is 0.834. The highest BCUT2D eigenvalue weighted by Crippen LogP contribution is 2.24. The van der Waals surface area contributed by atoms with Crippen molar-refractivity contribution >= 4 is 15.8 Å². The average molecular weight is 257 g/mol. The molecule has 0 bridgehead atoms. The van der Waals surface area contributed by atoms with Crippen molar-refractivity contribution < 1.29 is 18.3 Å². The number of sulfone groups is 1. The predicted octanol–water partition coefficient (Wildman–Crippen LogP) is 0.873. The van der Waals surface area contributed by atoms with E-state index in [1.807, 2.05) is 0 Å². The highest BCUT2D eigenvalue weighted by molar-refractivity contribution is 7.90. The van der Waals surface area contributed by atoms with Gasteiger partial charge in [0, 0.05) is 12.3 Å². The van der Waals surface area contributed by atoms with E-state index < -0.39 is 21.8 Å². The summed E-state index contributed by atoms with van der Waals surface area (Å²) in [6, 6.07) is 3.97. The Balaban J connectivity index is 3.29. The maximum Gasteiger partial charge on any atom is 0.305 e. The van der Waals surface area contributed by atoms with Crippen LogP contribution < -0.4 is 5.73 Å². The Hall–Kier alpha value is -1.40. The summed E-state index contributed by atoms with van der Waals surface area (Å²) in [5.74, 6) is -1.06. The van der Waals surface area contributed by atoms with E-state index in [1.165, 1.54) is 6.07 Å². The van der Waals surface area contributed by atoms with Gasteiger partial charge in [0.05, 0.1) is 11.3 Å². The zero-order valence-electron chi connectivity index (χ0n) is 9.67. The van der Waals surface area contributed by atoms with Crippen molar-refractivity contribution in [2.75, 3.05) is 6.26 Å². The van der Waals surface area contributed by atoms with Crippen LogP contribution in [-0.4, -0.2) is 25.7 Å². The number of aryl methyl sites for hydroxylation is 1. The van der Waals surface area contributed by atoms with Crippen LogP contribution in [0.1, 0.15) is 23.6 Å². The molecule has 0 amide bonds. The number of hydrogen-bond acceptors (Lipinski definition) is 4. The van der Waals surface area contributed by atoms with Gasteiger partial charge in [-0.05, 0) is 24.1 Å². The van der Waals surface area contributed by atoms with Crippen molar-refractivity contribution in [3.63, 3.8) is 0 Å². The van der Waals surface area contributed by atoms with Gasteiger partial charge in [-0.3, -0.25) is 4.79 Å². The van der Waals surface area contributed by atoms with Crippen molar-refractivity contribution in [3.8, 4) is 0 Å². The number of benzene rings is 1. The topological polar surface area (TPSA) is 97.5 Å². The number of aliphatic carboxylic acids is 1. The molecule has 0 heterocycles. The highest BCUT2D eigenvalue weighted by Gasteiger charge is 2.20. The first-order valence-electron chi connectivity index (χ1n) is 5.00. The molecule has 1 aromatic rings. The maximum absolute atomic E-state index is 11.6. The first-order chi connectivity index (χ1) is 7.71. The number of hydrogen-bond donors (Lipinski definition) is 2. The first kappa shape index (κ1) is 13.7. The molecule has 0 aromatic heterocycles. The van der Waals surface area contributed by atoms with Crippen LogP contribution in [-0.2, 0) is 14.6 Å². The van der Waals surface area contributed by atoms with Crippen LogP contribution in [0.3, 0.4) is 0 Å². The van der Waals surface area contributed by atoms with Crippen LogP contribution in [0.15, 0.2) is 23.1 Å². The number of carboxylic acids is 1. The minimum atomic E-state index is -3.41. The van der Waals surface area contributed by atoms with Crippen molar-refractivity contribution in [1.29, 1.82) is 0 Å². The zero-order chi connectivity index (χ0) is 13.2. The van der Waals surface area contributed by atoms with Gasteiger partial charge in [-0.2, -0.15) is 0 Å². The Kier molecular flexibility index (Phi) is 3.90. The Bertz CT molecular complexity index is 536. The lowest BCUT2D eigenvalue weighted by Crippen LogP contribution is -2.18. The lowest BCUT2D eigenvalue weighted by Gasteiger charge is -2.14. The van der Waals surface area contributed by atoms with E-state index >= 15 is 0 Å². The molecule has 17 heavy (non-hydrogen) atoms. The second-order valence-corrected chi connectivity index (χ2v) is 6.00.